The molecule has 0 spiro atoms. The van der Waals surface area contributed by atoms with Gasteiger partial charge < -0.3 is 10.5 Å². The summed E-state index contributed by atoms with van der Waals surface area (Å²) in [5.74, 6) is -2.57. The maximum atomic E-state index is 12.9. The van der Waals surface area contributed by atoms with Crippen LogP contribution in [0.15, 0.2) is 11.8 Å². The topological polar surface area (TPSA) is 35.2 Å². The van der Waals surface area contributed by atoms with Crippen molar-refractivity contribution in [3.05, 3.63) is 11.8 Å². The van der Waals surface area contributed by atoms with Crippen LogP contribution in [0.2, 0.25) is 0 Å². The molecular formula is C10H15F2NO. The Bertz CT molecular complexity index is 253. The summed E-state index contributed by atoms with van der Waals surface area (Å²) in [6.07, 6.45) is 2.89. The summed E-state index contributed by atoms with van der Waals surface area (Å²) in [4.78, 5) is 0. The minimum atomic E-state index is -2.50. The smallest absolute Gasteiger partial charge is 0.248 e. The lowest BCUT2D eigenvalue weighted by Crippen LogP contribution is -2.31. The highest BCUT2D eigenvalue weighted by molar-refractivity contribution is 5.13. The predicted octanol–water partition coefficient (Wildman–Crippen LogP) is 2.05. The molecule has 1 aliphatic carbocycles. The summed E-state index contributed by atoms with van der Waals surface area (Å²) in [7, 11) is 0. The van der Waals surface area contributed by atoms with E-state index in [0.29, 0.717) is 13.0 Å². The van der Waals surface area contributed by atoms with Crippen LogP contribution in [0.5, 0.6) is 0 Å². The minimum Gasteiger partial charge on any atom is -0.501 e. The van der Waals surface area contributed by atoms with Gasteiger partial charge in [-0.2, -0.15) is 0 Å². The molecule has 1 heterocycles. The molecule has 0 radical (unpaired) electrons. The van der Waals surface area contributed by atoms with Crippen LogP contribution >= 0.6 is 0 Å². The molecule has 2 N–H and O–H groups in total. The Morgan fingerprint density at radius 3 is 2.86 bits per heavy atom. The van der Waals surface area contributed by atoms with Crippen LogP contribution in [0.1, 0.15) is 25.7 Å². The van der Waals surface area contributed by atoms with Crippen molar-refractivity contribution >= 4 is 0 Å². The molecule has 2 nitrogen and oxygen atoms in total. The van der Waals surface area contributed by atoms with Crippen LogP contribution in [0, 0.1) is 5.92 Å². The highest BCUT2D eigenvalue weighted by Gasteiger charge is 2.42. The Kier molecular flexibility index (Phi) is 2.47. The third kappa shape index (κ3) is 1.90. The molecule has 80 valence electrons. The van der Waals surface area contributed by atoms with Crippen LogP contribution in [-0.4, -0.2) is 18.6 Å². The molecule has 4 heteroatoms. The van der Waals surface area contributed by atoms with Gasteiger partial charge in [0.25, 0.3) is 0 Å². The van der Waals surface area contributed by atoms with Gasteiger partial charge in [-0.1, -0.05) is 0 Å². The van der Waals surface area contributed by atoms with Crippen molar-refractivity contribution < 1.29 is 13.5 Å². The van der Waals surface area contributed by atoms with Gasteiger partial charge in [-0.3, -0.25) is 0 Å². The molecule has 2 aliphatic rings. The molecule has 0 aromatic carbocycles. The van der Waals surface area contributed by atoms with Gasteiger partial charge in [0.05, 0.1) is 12.9 Å². The zero-order chi connectivity index (χ0) is 10.2. The van der Waals surface area contributed by atoms with E-state index >= 15 is 0 Å². The number of alkyl halides is 2. The quantitative estimate of drug-likeness (QED) is 0.745. The molecule has 2 rings (SSSR count). The third-order valence-electron chi connectivity index (χ3n) is 3.12. The van der Waals surface area contributed by atoms with E-state index in [0.717, 1.165) is 12.0 Å². The lowest BCUT2D eigenvalue weighted by Gasteiger charge is -2.19. The second-order valence-corrected chi connectivity index (χ2v) is 4.20. The molecule has 14 heavy (non-hydrogen) atoms. The Morgan fingerprint density at radius 2 is 2.36 bits per heavy atom. The number of rotatable bonds is 2. The normalized spacial score (nSPS) is 32.5. The second kappa shape index (κ2) is 3.50. The maximum Gasteiger partial charge on any atom is 0.248 e. The minimum absolute atomic E-state index is 0.0144. The first-order chi connectivity index (χ1) is 6.58. The first-order valence-corrected chi connectivity index (χ1v) is 5.02. The Balaban J connectivity index is 1.96. The highest BCUT2D eigenvalue weighted by atomic mass is 19.3. The molecular weight excluding hydrogens is 188 g/mol. The summed E-state index contributed by atoms with van der Waals surface area (Å²) in [6.45, 7) is 0.645. The zero-order valence-corrected chi connectivity index (χ0v) is 8.01. The molecule has 0 saturated heterocycles. The predicted molar refractivity (Wildman–Crippen MR) is 48.9 cm³/mol. The van der Waals surface area contributed by atoms with Crippen LogP contribution in [0.25, 0.3) is 0 Å². The van der Waals surface area contributed by atoms with E-state index in [1.54, 1.807) is 6.26 Å². The van der Waals surface area contributed by atoms with Crippen molar-refractivity contribution in [1.29, 1.82) is 0 Å². The monoisotopic (exact) mass is 203 g/mol. The summed E-state index contributed by atoms with van der Waals surface area (Å²) < 4.78 is 30.9. The van der Waals surface area contributed by atoms with E-state index in [4.69, 9.17) is 10.5 Å². The van der Waals surface area contributed by atoms with Gasteiger partial charge in [-0.05, 0) is 17.9 Å². The number of ether oxygens (including phenoxy) is 1. The molecule has 1 saturated carbocycles. The van der Waals surface area contributed by atoms with Gasteiger partial charge in [0, 0.05) is 25.3 Å². The number of hydrogen-bond acceptors (Lipinski definition) is 2. The maximum absolute atomic E-state index is 12.9. The SMILES string of the molecule is NC(C1=COCC1)C1CCC(F)(F)C1. The van der Waals surface area contributed by atoms with Crippen LogP contribution in [-0.2, 0) is 4.74 Å². The fourth-order valence-corrected chi connectivity index (χ4v) is 2.24. The van der Waals surface area contributed by atoms with Crippen molar-refractivity contribution in [1.82, 2.24) is 0 Å². The molecule has 0 bridgehead atoms. The summed E-state index contributed by atoms with van der Waals surface area (Å²) >= 11 is 0. The van der Waals surface area contributed by atoms with Crippen molar-refractivity contribution in [2.24, 2.45) is 11.7 Å². The molecule has 0 amide bonds. The second-order valence-electron chi connectivity index (χ2n) is 4.20. The van der Waals surface area contributed by atoms with Gasteiger partial charge in [-0.15, -0.1) is 0 Å². The van der Waals surface area contributed by atoms with Crippen LogP contribution < -0.4 is 5.73 Å². The lowest BCUT2D eigenvalue weighted by molar-refractivity contribution is 0.00440. The molecule has 1 aliphatic heterocycles. The van der Waals surface area contributed by atoms with Gasteiger partial charge in [-0.25, -0.2) is 8.78 Å². The van der Waals surface area contributed by atoms with Crippen molar-refractivity contribution in [2.45, 2.75) is 37.6 Å². The molecule has 0 aromatic heterocycles. The zero-order valence-electron chi connectivity index (χ0n) is 8.01. The van der Waals surface area contributed by atoms with Crippen LogP contribution in [0.4, 0.5) is 8.78 Å². The Labute approximate surface area is 82.1 Å². The number of nitrogens with two attached hydrogens (primary N) is 1. The summed E-state index contributed by atoms with van der Waals surface area (Å²) in [5.41, 5.74) is 6.92. The largest absolute Gasteiger partial charge is 0.501 e. The van der Waals surface area contributed by atoms with Gasteiger partial charge in [0.2, 0.25) is 5.92 Å². The molecule has 2 unspecified atom stereocenters. The van der Waals surface area contributed by atoms with Crippen molar-refractivity contribution in [3.8, 4) is 0 Å². The van der Waals surface area contributed by atoms with E-state index in [2.05, 4.69) is 0 Å². The summed E-state index contributed by atoms with van der Waals surface area (Å²) in [6, 6.07) is -0.231. The highest BCUT2D eigenvalue weighted by Crippen LogP contribution is 2.41. The fraction of sp³-hybridized carbons (Fsp3) is 0.800. The Morgan fingerprint density at radius 1 is 1.57 bits per heavy atom. The van der Waals surface area contributed by atoms with E-state index in [1.165, 1.54) is 0 Å². The van der Waals surface area contributed by atoms with Crippen molar-refractivity contribution in [3.63, 3.8) is 0 Å². The van der Waals surface area contributed by atoms with Crippen molar-refractivity contribution in [2.75, 3.05) is 6.61 Å². The van der Waals surface area contributed by atoms with E-state index in [1.807, 2.05) is 0 Å². The lowest BCUT2D eigenvalue weighted by atomic mass is 9.92. The van der Waals surface area contributed by atoms with Gasteiger partial charge in [0.15, 0.2) is 0 Å². The molecule has 0 aromatic rings. The average molecular weight is 203 g/mol. The fourth-order valence-electron chi connectivity index (χ4n) is 2.24. The average Bonchev–Trinajstić information content (AvgIpc) is 2.72. The first-order valence-electron chi connectivity index (χ1n) is 5.02. The third-order valence-corrected chi connectivity index (χ3v) is 3.12. The van der Waals surface area contributed by atoms with Crippen LogP contribution in [0.3, 0.4) is 0 Å². The van der Waals surface area contributed by atoms with E-state index in [9.17, 15) is 8.78 Å². The number of hydrogen-bond donors (Lipinski definition) is 1. The molecule has 2 atom stereocenters. The standard InChI is InChI=1S/C10H15F2NO/c11-10(12)3-1-7(5-10)9(13)8-2-4-14-6-8/h6-7,9H,1-5,13H2. The Hall–Kier alpha value is -0.640. The van der Waals surface area contributed by atoms with Gasteiger partial charge in [0.1, 0.15) is 0 Å². The van der Waals surface area contributed by atoms with E-state index < -0.39 is 5.92 Å². The van der Waals surface area contributed by atoms with Gasteiger partial charge >= 0.3 is 0 Å². The summed E-state index contributed by atoms with van der Waals surface area (Å²) in [5, 5.41) is 0. The first kappa shape index (κ1) is 9.90. The van der Waals surface area contributed by atoms with E-state index in [-0.39, 0.29) is 24.8 Å². The number of halogens is 2. The molecule has 1 fully saturated rings.